The highest BCUT2D eigenvalue weighted by molar-refractivity contribution is 5.80. The molecule has 0 saturated heterocycles. The summed E-state index contributed by atoms with van der Waals surface area (Å²) in [6, 6.07) is 0.0838. The summed E-state index contributed by atoms with van der Waals surface area (Å²) in [4.78, 5) is 11.7. The highest BCUT2D eigenvalue weighted by Gasteiger charge is 2.35. The number of nitrogens with one attached hydrogen (secondary N) is 1. The van der Waals surface area contributed by atoms with Crippen molar-refractivity contribution in [2.45, 2.75) is 46.0 Å². The van der Waals surface area contributed by atoms with Gasteiger partial charge in [-0.05, 0) is 33.8 Å². The minimum atomic E-state index is -4.50. The first-order valence-electron chi connectivity index (χ1n) is 5.56. The number of nitrogens with zero attached hydrogens (tertiary/aromatic N) is 2. The fourth-order valence-corrected chi connectivity index (χ4v) is 1.53. The Kier molecular flexibility index (Phi) is 4.03. The van der Waals surface area contributed by atoms with Crippen molar-refractivity contribution in [2.75, 3.05) is 0 Å². The van der Waals surface area contributed by atoms with Crippen LogP contribution in [0.4, 0.5) is 13.2 Å². The Morgan fingerprint density at radius 3 is 2.33 bits per heavy atom. The predicted molar refractivity (Wildman–Crippen MR) is 60.0 cm³/mol. The normalized spacial score (nSPS) is 13.8. The number of carbonyl (C=O) groups is 1. The lowest BCUT2D eigenvalue weighted by molar-refractivity contribution is -0.142. The molecule has 1 atom stereocenters. The fourth-order valence-electron chi connectivity index (χ4n) is 1.53. The largest absolute Gasteiger partial charge is 0.435 e. The van der Waals surface area contributed by atoms with Crippen molar-refractivity contribution in [3.8, 4) is 0 Å². The van der Waals surface area contributed by atoms with Gasteiger partial charge in [0.2, 0.25) is 5.91 Å². The molecule has 1 N–H and O–H groups in total. The molecule has 0 fully saturated rings. The molecule has 1 unspecified atom stereocenters. The second-order valence-electron chi connectivity index (χ2n) is 4.45. The zero-order valence-electron chi connectivity index (χ0n) is 10.7. The molecule has 18 heavy (non-hydrogen) atoms. The van der Waals surface area contributed by atoms with Crippen molar-refractivity contribution < 1.29 is 18.0 Å². The van der Waals surface area contributed by atoms with E-state index in [0.717, 1.165) is 10.7 Å². The Labute approximate surface area is 103 Å². The van der Waals surface area contributed by atoms with Crippen molar-refractivity contribution in [2.24, 2.45) is 0 Å². The molecular weight excluding hydrogens is 247 g/mol. The number of hydrogen-bond acceptors (Lipinski definition) is 2. The Bertz CT molecular complexity index is 437. The molecule has 0 radical (unpaired) electrons. The zero-order chi connectivity index (χ0) is 14.1. The van der Waals surface area contributed by atoms with Crippen molar-refractivity contribution in [3.05, 3.63) is 17.5 Å². The molecule has 7 heteroatoms. The fraction of sp³-hybridized carbons (Fsp3) is 0.636. The number of alkyl halides is 3. The molecule has 1 rings (SSSR count). The van der Waals surface area contributed by atoms with E-state index in [0.29, 0.717) is 5.69 Å². The molecule has 0 saturated carbocycles. The van der Waals surface area contributed by atoms with Crippen molar-refractivity contribution >= 4 is 5.91 Å². The quantitative estimate of drug-likeness (QED) is 0.909. The van der Waals surface area contributed by atoms with Gasteiger partial charge in [-0.25, -0.2) is 0 Å². The van der Waals surface area contributed by atoms with Crippen LogP contribution in [0.2, 0.25) is 0 Å². The van der Waals surface area contributed by atoms with Crippen LogP contribution in [0.5, 0.6) is 0 Å². The molecular formula is C11H16F3N3O. The maximum atomic E-state index is 12.5. The van der Waals surface area contributed by atoms with Gasteiger partial charge in [0.25, 0.3) is 0 Å². The van der Waals surface area contributed by atoms with Gasteiger partial charge in [0.1, 0.15) is 6.04 Å². The van der Waals surface area contributed by atoms with E-state index in [4.69, 9.17) is 0 Å². The van der Waals surface area contributed by atoms with E-state index in [-0.39, 0.29) is 11.9 Å². The maximum Gasteiger partial charge on any atom is 0.435 e. The lowest BCUT2D eigenvalue weighted by Gasteiger charge is -2.16. The number of halogens is 3. The van der Waals surface area contributed by atoms with Crippen LogP contribution in [0.1, 0.15) is 38.2 Å². The van der Waals surface area contributed by atoms with Gasteiger partial charge in [-0.1, -0.05) is 0 Å². The zero-order valence-corrected chi connectivity index (χ0v) is 10.7. The number of carbonyl (C=O) groups excluding carboxylic acids is 1. The molecule has 1 aromatic rings. The number of aryl methyl sites for hydroxylation is 1. The Morgan fingerprint density at radius 1 is 1.39 bits per heavy atom. The van der Waals surface area contributed by atoms with Gasteiger partial charge >= 0.3 is 6.18 Å². The number of hydrogen-bond donors (Lipinski definition) is 1. The van der Waals surface area contributed by atoms with Gasteiger partial charge < -0.3 is 5.32 Å². The first kappa shape index (κ1) is 14.5. The molecule has 0 bridgehead atoms. The van der Waals surface area contributed by atoms with Crippen molar-refractivity contribution in [1.82, 2.24) is 15.1 Å². The number of amides is 1. The van der Waals surface area contributed by atoms with E-state index >= 15 is 0 Å². The molecule has 102 valence electrons. The van der Waals surface area contributed by atoms with Crippen LogP contribution < -0.4 is 5.32 Å². The second kappa shape index (κ2) is 4.99. The lowest BCUT2D eigenvalue weighted by atomic mass is 10.2. The minimum absolute atomic E-state index is 0.0714. The van der Waals surface area contributed by atoms with Crippen LogP contribution >= 0.6 is 0 Å². The smallest absolute Gasteiger partial charge is 0.352 e. The van der Waals surface area contributed by atoms with Gasteiger partial charge in [0, 0.05) is 11.7 Å². The Morgan fingerprint density at radius 2 is 1.94 bits per heavy atom. The molecule has 1 aromatic heterocycles. The Balaban J connectivity index is 2.96. The summed E-state index contributed by atoms with van der Waals surface area (Å²) in [5.41, 5.74) is -0.682. The van der Waals surface area contributed by atoms with Crippen molar-refractivity contribution in [3.63, 3.8) is 0 Å². The summed E-state index contributed by atoms with van der Waals surface area (Å²) in [5, 5.41) is 6.08. The van der Waals surface area contributed by atoms with Crippen LogP contribution in [0, 0.1) is 6.92 Å². The standard InChI is InChI=1S/C11H16F3N3O/c1-6(2)15-10(18)8(4)17-7(3)5-9(16-17)11(12,13)14/h5-6,8H,1-4H3,(H,15,18). The van der Waals surface area contributed by atoms with Crippen LogP contribution in [-0.2, 0) is 11.0 Å². The van der Waals surface area contributed by atoms with Gasteiger partial charge in [-0.15, -0.1) is 0 Å². The summed E-state index contributed by atoms with van der Waals surface area (Å²) < 4.78 is 38.5. The monoisotopic (exact) mass is 263 g/mol. The van der Waals surface area contributed by atoms with Gasteiger partial charge in [-0.2, -0.15) is 18.3 Å². The summed E-state index contributed by atoms with van der Waals surface area (Å²) in [5.74, 6) is -0.357. The predicted octanol–water partition coefficient (Wildman–Crippen LogP) is 2.30. The molecule has 0 spiro atoms. The van der Waals surface area contributed by atoms with E-state index in [1.807, 2.05) is 0 Å². The molecule has 0 aliphatic heterocycles. The minimum Gasteiger partial charge on any atom is -0.352 e. The third-order valence-electron chi connectivity index (χ3n) is 2.39. The van der Waals surface area contributed by atoms with Crippen LogP contribution in [0.25, 0.3) is 0 Å². The third-order valence-corrected chi connectivity index (χ3v) is 2.39. The van der Waals surface area contributed by atoms with Gasteiger partial charge in [0.15, 0.2) is 5.69 Å². The summed E-state index contributed by atoms with van der Waals surface area (Å²) >= 11 is 0. The van der Waals surface area contributed by atoms with E-state index < -0.39 is 17.9 Å². The Hall–Kier alpha value is -1.53. The first-order valence-corrected chi connectivity index (χ1v) is 5.56. The summed E-state index contributed by atoms with van der Waals surface area (Å²) in [6.45, 7) is 6.56. The molecule has 0 aliphatic carbocycles. The highest BCUT2D eigenvalue weighted by atomic mass is 19.4. The topological polar surface area (TPSA) is 46.9 Å². The lowest BCUT2D eigenvalue weighted by Crippen LogP contribution is -2.36. The van der Waals surface area contributed by atoms with Crippen molar-refractivity contribution in [1.29, 1.82) is 0 Å². The molecule has 0 aliphatic rings. The summed E-state index contributed by atoms with van der Waals surface area (Å²) in [6.07, 6.45) is -4.50. The van der Waals surface area contributed by atoms with E-state index in [9.17, 15) is 18.0 Å². The SMILES string of the molecule is Cc1cc(C(F)(F)F)nn1C(C)C(=O)NC(C)C. The van der Waals surface area contributed by atoms with Crippen LogP contribution in [-0.4, -0.2) is 21.7 Å². The maximum absolute atomic E-state index is 12.5. The highest BCUT2D eigenvalue weighted by Crippen LogP contribution is 2.29. The van der Waals surface area contributed by atoms with Crippen LogP contribution in [0.15, 0.2) is 6.07 Å². The molecule has 0 aromatic carbocycles. The molecule has 1 heterocycles. The second-order valence-corrected chi connectivity index (χ2v) is 4.45. The van der Waals surface area contributed by atoms with Gasteiger partial charge in [-0.3, -0.25) is 9.48 Å². The van der Waals surface area contributed by atoms with Gasteiger partial charge in [0.05, 0.1) is 0 Å². The van der Waals surface area contributed by atoms with Crippen LogP contribution in [0.3, 0.4) is 0 Å². The van der Waals surface area contributed by atoms with E-state index in [1.54, 1.807) is 13.8 Å². The van der Waals surface area contributed by atoms with E-state index in [2.05, 4.69) is 10.4 Å². The summed E-state index contributed by atoms with van der Waals surface area (Å²) in [7, 11) is 0. The molecule has 1 amide bonds. The van der Waals surface area contributed by atoms with E-state index in [1.165, 1.54) is 13.8 Å². The third kappa shape index (κ3) is 3.24. The number of aromatic nitrogens is 2. The first-order chi connectivity index (χ1) is 8.12. The number of rotatable bonds is 3. The average molecular weight is 263 g/mol. The molecule has 4 nitrogen and oxygen atoms in total. The average Bonchev–Trinajstić information content (AvgIpc) is 2.57.